The second-order valence-electron chi connectivity index (χ2n) is 3.77. The molecule has 11 heavy (non-hydrogen) atoms. The van der Waals surface area contributed by atoms with Crippen LogP contribution in [-0.4, -0.2) is 22.8 Å². The van der Waals surface area contributed by atoms with Crippen molar-refractivity contribution in [2.45, 2.75) is 27.2 Å². The van der Waals surface area contributed by atoms with Gasteiger partial charge in [0, 0.05) is 6.61 Å². The van der Waals surface area contributed by atoms with Crippen LogP contribution in [0.2, 0.25) is 0 Å². The Labute approximate surface area is 67.0 Å². The summed E-state index contributed by atoms with van der Waals surface area (Å²) < 4.78 is 0. The molecule has 66 valence electrons. The summed E-state index contributed by atoms with van der Waals surface area (Å²) in [6, 6.07) is 0. The van der Waals surface area contributed by atoms with E-state index in [1.54, 1.807) is 6.92 Å². The number of carboxylic acids is 1. The zero-order valence-corrected chi connectivity index (χ0v) is 7.29. The monoisotopic (exact) mass is 160 g/mol. The van der Waals surface area contributed by atoms with Gasteiger partial charge in [-0.15, -0.1) is 0 Å². The van der Waals surface area contributed by atoms with Gasteiger partial charge in [0.25, 0.3) is 0 Å². The molecular weight excluding hydrogens is 144 g/mol. The lowest BCUT2D eigenvalue weighted by molar-refractivity contribution is -0.142. The standard InChI is InChI=1S/C8H16O3/c1-6(7(10)11)4-8(2,3)5-9/h6,9H,4-5H2,1-3H3,(H,10,11). The highest BCUT2D eigenvalue weighted by Gasteiger charge is 2.23. The number of carbonyl (C=O) groups is 1. The third-order valence-corrected chi connectivity index (χ3v) is 1.71. The van der Waals surface area contributed by atoms with Crippen LogP contribution in [0.1, 0.15) is 27.2 Å². The molecule has 0 radical (unpaired) electrons. The van der Waals surface area contributed by atoms with Crippen molar-refractivity contribution in [1.29, 1.82) is 0 Å². The number of rotatable bonds is 4. The molecule has 0 saturated carbocycles. The molecule has 0 bridgehead atoms. The summed E-state index contributed by atoms with van der Waals surface area (Å²) >= 11 is 0. The Morgan fingerprint density at radius 2 is 2.00 bits per heavy atom. The van der Waals surface area contributed by atoms with Crippen molar-refractivity contribution < 1.29 is 15.0 Å². The third kappa shape index (κ3) is 3.98. The van der Waals surface area contributed by atoms with Crippen molar-refractivity contribution in [2.75, 3.05) is 6.61 Å². The SMILES string of the molecule is CC(CC(C)(C)CO)C(=O)O. The first-order chi connectivity index (χ1) is 4.89. The number of hydrogen-bond acceptors (Lipinski definition) is 2. The molecule has 0 aliphatic rings. The highest BCUT2D eigenvalue weighted by atomic mass is 16.4. The third-order valence-electron chi connectivity index (χ3n) is 1.71. The molecule has 2 N–H and O–H groups in total. The van der Waals surface area contributed by atoms with Crippen LogP contribution >= 0.6 is 0 Å². The van der Waals surface area contributed by atoms with Crippen molar-refractivity contribution in [3.63, 3.8) is 0 Å². The number of hydrogen-bond donors (Lipinski definition) is 2. The largest absolute Gasteiger partial charge is 0.481 e. The Bertz CT molecular complexity index is 140. The maximum Gasteiger partial charge on any atom is 0.306 e. The molecule has 0 aromatic heterocycles. The number of carboxylic acid groups (broad SMARTS) is 1. The Kier molecular flexibility index (Phi) is 3.52. The first kappa shape index (κ1) is 10.4. The van der Waals surface area contributed by atoms with E-state index in [-0.39, 0.29) is 17.9 Å². The number of aliphatic hydroxyl groups is 1. The van der Waals surface area contributed by atoms with Crippen LogP contribution in [0.15, 0.2) is 0 Å². The summed E-state index contributed by atoms with van der Waals surface area (Å²) in [5.74, 6) is -1.18. The van der Waals surface area contributed by atoms with Gasteiger partial charge in [-0.2, -0.15) is 0 Å². The Morgan fingerprint density at radius 3 is 2.27 bits per heavy atom. The maximum atomic E-state index is 10.4. The van der Waals surface area contributed by atoms with Gasteiger partial charge in [-0.3, -0.25) is 4.79 Å². The van der Waals surface area contributed by atoms with Crippen LogP contribution in [0.25, 0.3) is 0 Å². The molecule has 0 aliphatic carbocycles. The van der Waals surface area contributed by atoms with Crippen LogP contribution in [0.3, 0.4) is 0 Å². The van der Waals surface area contributed by atoms with Gasteiger partial charge < -0.3 is 10.2 Å². The topological polar surface area (TPSA) is 57.5 Å². The number of aliphatic carboxylic acids is 1. The maximum absolute atomic E-state index is 10.4. The summed E-state index contributed by atoms with van der Waals surface area (Å²) in [6.45, 7) is 5.39. The van der Waals surface area contributed by atoms with Crippen molar-refractivity contribution in [2.24, 2.45) is 11.3 Å². The fraction of sp³-hybridized carbons (Fsp3) is 0.875. The highest BCUT2D eigenvalue weighted by Crippen LogP contribution is 2.24. The van der Waals surface area contributed by atoms with Crippen LogP contribution in [0, 0.1) is 11.3 Å². The first-order valence-corrected chi connectivity index (χ1v) is 3.73. The fourth-order valence-corrected chi connectivity index (χ4v) is 0.981. The predicted molar refractivity (Wildman–Crippen MR) is 42.3 cm³/mol. The lowest BCUT2D eigenvalue weighted by Gasteiger charge is -2.23. The van der Waals surface area contributed by atoms with Gasteiger partial charge in [0.05, 0.1) is 5.92 Å². The number of aliphatic hydroxyl groups excluding tert-OH is 1. The van der Waals surface area contributed by atoms with Gasteiger partial charge in [-0.05, 0) is 11.8 Å². The zero-order chi connectivity index (χ0) is 9.07. The molecule has 0 fully saturated rings. The molecule has 0 heterocycles. The van der Waals surface area contributed by atoms with E-state index in [9.17, 15) is 4.79 Å². The van der Waals surface area contributed by atoms with E-state index < -0.39 is 5.97 Å². The first-order valence-electron chi connectivity index (χ1n) is 3.73. The molecule has 0 spiro atoms. The summed E-state index contributed by atoms with van der Waals surface area (Å²) in [5.41, 5.74) is -0.280. The predicted octanol–water partition coefficient (Wildman–Crippen LogP) is 1.12. The molecule has 1 unspecified atom stereocenters. The second kappa shape index (κ2) is 3.72. The summed E-state index contributed by atoms with van der Waals surface area (Å²) in [6.07, 6.45) is 0.513. The minimum absolute atomic E-state index is 0.0324. The van der Waals surface area contributed by atoms with E-state index in [4.69, 9.17) is 10.2 Å². The average molecular weight is 160 g/mol. The van der Waals surface area contributed by atoms with E-state index in [1.807, 2.05) is 13.8 Å². The Morgan fingerprint density at radius 1 is 1.55 bits per heavy atom. The van der Waals surface area contributed by atoms with Crippen molar-refractivity contribution in [3.8, 4) is 0 Å². The molecule has 0 aromatic carbocycles. The fourth-order valence-electron chi connectivity index (χ4n) is 0.981. The average Bonchev–Trinajstić information content (AvgIpc) is 1.87. The summed E-state index contributed by atoms with van der Waals surface area (Å²) in [4.78, 5) is 10.4. The molecule has 0 saturated heterocycles. The Balaban J connectivity index is 3.93. The lowest BCUT2D eigenvalue weighted by atomic mass is 9.84. The molecule has 3 nitrogen and oxygen atoms in total. The van der Waals surface area contributed by atoms with E-state index in [1.165, 1.54) is 0 Å². The van der Waals surface area contributed by atoms with E-state index in [0.29, 0.717) is 6.42 Å². The molecule has 3 heteroatoms. The molecule has 0 rings (SSSR count). The van der Waals surface area contributed by atoms with E-state index in [0.717, 1.165) is 0 Å². The van der Waals surface area contributed by atoms with Crippen molar-refractivity contribution in [1.82, 2.24) is 0 Å². The van der Waals surface area contributed by atoms with Crippen molar-refractivity contribution in [3.05, 3.63) is 0 Å². The van der Waals surface area contributed by atoms with Crippen LogP contribution in [0.4, 0.5) is 0 Å². The molecule has 0 aromatic rings. The van der Waals surface area contributed by atoms with E-state index in [2.05, 4.69) is 0 Å². The van der Waals surface area contributed by atoms with Gasteiger partial charge in [0.1, 0.15) is 0 Å². The molecule has 0 amide bonds. The minimum Gasteiger partial charge on any atom is -0.481 e. The summed E-state index contributed by atoms with van der Waals surface area (Å²) in [5, 5.41) is 17.4. The van der Waals surface area contributed by atoms with Crippen molar-refractivity contribution >= 4 is 5.97 Å². The van der Waals surface area contributed by atoms with Crippen LogP contribution in [0.5, 0.6) is 0 Å². The zero-order valence-electron chi connectivity index (χ0n) is 7.29. The second-order valence-corrected chi connectivity index (χ2v) is 3.77. The highest BCUT2D eigenvalue weighted by molar-refractivity contribution is 5.69. The van der Waals surface area contributed by atoms with Crippen LogP contribution < -0.4 is 0 Å². The summed E-state index contributed by atoms with van der Waals surface area (Å²) in [7, 11) is 0. The molecular formula is C8H16O3. The van der Waals surface area contributed by atoms with Gasteiger partial charge in [-0.25, -0.2) is 0 Å². The smallest absolute Gasteiger partial charge is 0.306 e. The van der Waals surface area contributed by atoms with Crippen LogP contribution in [-0.2, 0) is 4.79 Å². The quantitative estimate of drug-likeness (QED) is 0.647. The van der Waals surface area contributed by atoms with Gasteiger partial charge >= 0.3 is 5.97 Å². The normalized spacial score (nSPS) is 14.5. The molecule has 0 aliphatic heterocycles. The van der Waals surface area contributed by atoms with Gasteiger partial charge in [0.2, 0.25) is 0 Å². The van der Waals surface area contributed by atoms with Gasteiger partial charge in [-0.1, -0.05) is 20.8 Å². The van der Waals surface area contributed by atoms with Gasteiger partial charge in [0.15, 0.2) is 0 Å². The Hall–Kier alpha value is -0.570. The van der Waals surface area contributed by atoms with E-state index >= 15 is 0 Å². The molecule has 1 atom stereocenters. The lowest BCUT2D eigenvalue weighted by Crippen LogP contribution is -2.23. The minimum atomic E-state index is -0.800.